The number of nitrogens with zero attached hydrogens (tertiary/aromatic N) is 1. The van der Waals surface area contributed by atoms with Crippen molar-refractivity contribution in [3.05, 3.63) is 71.8 Å². The van der Waals surface area contributed by atoms with E-state index in [9.17, 15) is 4.79 Å². The summed E-state index contributed by atoms with van der Waals surface area (Å²) in [6, 6.07) is 19.4. The zero-order valence-corrected chi connectivity index (χ0v) is 11.9. The van der Waals surface area contributed by atoms with E-state index >= 15 is 0 Å². The van der Waals surface area contributed by atoms with Crippen LogP contribution in [-0.2, 0) is 11.4 Å². The number of rotatable bonds is 5. The average molecular weight is 281 g/mol. The van der Waals surface area contributed by atoms with Gasteiger partial charge in [0.15, 0.2) is 5.78 Å². The fraction of sp³-hybridized carbons (Fsp3) is 0.278. The van der Waals surface area contributed by atoms with Crippen molar-refractivity contribution in [2.45, 2.75) is 25.5 Å². The lowest BCUT2D eigenvalue weighted by molar-refractivity contribution is -0.169. The number of hydroxylamine groups is 2. The van der Waals surface area contributed by atoms with E-state index in [0.717, 1.165) is 30.5 Å². The first kappa shape index (κ1) is 14.0. The summed E-state index contributed by atoms with van der Waals surface area (Å²) >= 11 is 0. The Bertz CT molecular complexity index is 583. The Balaban J connectivity index is 1.64. The van der Waals surface area contributed by atoms with Crippen LogP contribution in [0.15, 0.2) is 60.7 Å². The molecule has 0 N–H and O–H groups in total. The molecule has 0 bridgehead atoms. The van der Waals surface area contributed by atoms with Crippen molar-refractivity contribution < 1.29 is 9.63 Å². The molecule has 3 nitrogen and oxygen atoms in total. The zero-order chi connectivity index (χ0) is 14.5. The highest BCUT2D eigenvalue weighted by atomic mass is 16.7. The number of benzene rings is 2. The smallest absolute Gasteiger partial charge is 0.182 e. The van der Waals surface area contributed by atoms with Gasteiger partial charge in [0.05, 0.1) is 12.6 Å². The van der Waals surface area contributed by atoms with Crippen LogP contribution in [0.2, 0.25) is 0 Å². The molecule has 0 aromatic heterocycles. The molecule has 0 aliphatic carbocycles. The summed E-state index contributed by atoms with van der Waals surface area (Å²) in [6.07, 6.45) is 1.86. The Morgan fingerprint density at radius 3 is 2.43 bits per heavy atom. The molecule has 0 radical (unpaired) electrons. The standard InChI is InChI=1S/C18H19NO2/c20-18(16-10-5-2-6-11-16)17-12-7-13-19(17)21-14-15-8-3-1-4-9-15/h1-6,8-11,17H,7,12-14H2. The monoisotopic (exact) mass is 281 g/mol. The third-order valence-corrected chi connectivity index (χ3v) is 3.80. The number of hydrogen-bond donors (Lipinski definition) is 0. The van der Waals surface area contributed by atoms with Crippen LogP contribution in [0.1, 0.15) is 28.8 Å². The van der Waals surface area contributed by atoms with Crippen molar-refractivity contribution in [2.75, 3.05) is 6.54 Å². The summed E-state index contributed by atoms with van der Waals surface area (Å²) in [5.74, 6) is 0.154. The third kappa shape index (κ3) is 3.38. The van der Waals surface area contributed by atoms with Crippen molar-refractivity contribution in [2.24, 2.45) is 0 Å². The van der Waals surface area contributed by atoms with Crippen molar-refractivity contribution in [3.8, 4) is 0 Å². The molecule has 3 rings (SSSR count). The first-order chi connectivity index (χ1) is 10.3. The van der Waals surface area contributed by atoms with Gasteiger partial charge in [-0.1, -0.05) is 60.7 Å². The second-order valence-electron chi connectivity index (χ2n) is 5.29. The van der Waals surface area contributed by atoms with Crippen molar-refractivity contribution in [3.63, 3.8) is 0 Å². The number of Topliss-reactive ketones (excluding diaryl/α,β-unsaturated/α-hetero) is 1. The minimum Gasteiger partial charge on any atom is -0.294 e. The van der Waals surface area contributed by atoms with E-state index in [2.05, 4.69) is 0 Å². The van der Waals surface area contributed by atoms with Crippen LogP contribution >= 0.6 is 0 Å². The van der Waals surface area contributed by atoms with E-state index < -0.39 is 0 Å². The Kier molecular flexibility index (Phi) is 4.43. The summed E-state index contributed by atoms with van der Waals surface area (Å²) in [5.41, 5.74) is 1.88. The average Bonchev–Trinajstić information content (AvgIpc) is 3.02. The lowest BCUT2D eigenvalue weighted by Crippen LogP contribution is -2.36. The van der Waals surface area contributed by atoms with Crippen molar-refractivity contribution >= 4 is 5.78 Å². The Hall–Kier alpha value is -1.97. The number of hydrogen-bond acceptors (Lipinski definition) is 3. The fourth-order valence-corrected chi connectivity index (χ4v) is 2.68. The van der Waals surface area contributed by atoms with E-state index in [-0.39, 0.29) is 11.8 Å². The van der Waals surface area contributed by atoms with E-state index in [1.54, 1.807) is 0 Å². The third-order valence-electron chi connectivity index (χ3n) is 3.80. The van der Waals surface area contributed by atoms with Crippen LogP contribution in [0.25, 0.3) is 0 Å². The maximum absolute atomic E-state index is 12.5. The predicted molar refractivity (Wildman–Crippen MR) is 81.7 cm³/mol. The van der Waals surface area contributed by atoms with Gasteiger partial charge in [-0.2, -0.15) is 5.06 Å². The Labute approximate surface area is 125 Å². The molecule has 108 valence electrons. The molecular weight excluding hydrogens is 262 g/mol. The number of carbonyl (C=O) groups excluding carboxylic acids is 1. The van der Waals surface area contributed by atoms with Crippen LogP contribution < -0.4 is 0 Å². The molecule has 1 fully saturated rings. The molecule has 1 unspecified atom stereocenters. The van der Waals surface area contributed by atoms with Gasteiger partial charge in [-0.15, -0.1) is 0 Å². The number of ketones is 1. The fourth-order valence-electron chi connectivity index (χ4n) is 2.68. The molecule has 2 aromatic rings. The summed E-state index contributed by atoms with van der Waals surface area (Å²) in [5, 5.41) is 1.85. The predicted octanol–water partition coefficient (Wildman–Crippen LogP) is 3.47. The maximum atomic E-state index is 12.5. The number of carbonyl (C=O) groups is 1. The van der Waals surface area contributed by atoms with Gasteiger partial charge in [0.2, 0.25) is 0 Å². The molecule has 3 heteroatoms. The SMILES string of the molecule is O=C(c1ccccc1)C1CCCN1OCc1ccccc1. The Morgan fingerprint density at radius 2 is 1.71 bits per heavy atom. The molecular formula is C18H19NO2. The Morgan fingerprint density at radius 1 is 1.05 bits per heavy atom. The van der Waals surface area contributed by atoms with Crippen LogP contribution in [0.4, 0.5) is 0 Å². The maximum Gasteiger partial charge on any atom is 0.182 e. The van der Waals surface area contributed by atoms with E-state index in [4.69, 9.17) is 4.84 Å². The van der Waals surface area contributed by atoms with Crippen LogP contribution in [-0.4, -0.2) is 23.4 Å². The molecule has 0 saturated carbocycles. The van der Waals surface area contributed by atoms with Crippen LogP contribution in [0, 0.1) is 0 Å². The summed E-state index contributed by atoms with van der Waals surface area (Å²) in [4.78, 5) is 18.4. The quantitative estimate of drug-likeness (QED) is 0.786. The van der Waals surface area contributed by atoms with Gasteiger partial charge in [-0.3, -0.25) is 9.63 Å². The summed E-state index contributed by atoms with van der Waals surface area (Å²) < 4.78 is 0. The van der Waals surface area contributed by atoms with E-state index in [1.807, 2.05) is 65.7 Å². The van der Waals surface area contributed by atoms with E-state index in [1.165, 1.54) is 0 Å². The van der Waals surface area contributed by atoms with Gasteiger partial charge in [0.1, 0.15) is 0 Å². The highest BCUT2D eigenvalue weighted by Crippen LogP contribution is 2.22. The molecule has 21 heavy (non-hydrogen) atoms. The van der Waals surface area contributed by atoms with Gasteiger partial charge in [-0.25, -0.2) is 0 Å². The normalized spacial score (nSPS) is 18.8. The topological polar surface area (TPSA) is 29.5 Å². The van der Waals surface area contributed by atoms with Gasteiger partial charge in [-0.05, 0) is 18.4 Å². The summed E-state index contributed by atoms with van der Waals surface area (Å²) in [7, 11) is 0. The first-order valence-electron chi connectivity index (χ1n) is 7.37. The molecule has 1 atom stereocenters. The molecule has 2 aromatic carbocycles. The summed E-state index contributed by atoms with van der Waals surface area (Å²) in [6.45, 7) is 1.33. The molecule has 0 spiro atoms. The van der Waals surface area contributed by atoms with Crippen LogP contribution in [0.5, 0.6) is 0 Å². The van der Waals surface area contributed by atoms with Crippen LogP contribution in [0.3, 0.4) is 0 Å². The lowest BCUT2D eigenvalue weighted by Gasteiger charge is -2.22. The highest BCUT2D eigenvalue weighted by molar-refractivity contribution is 6.00. The van der Waals surface area contributed by atoms with Gasteiger partial charge in [0, 0.05) is 12.1 Å². The molecule has 1 aliphatic heterocycles. The highest BCUT2D eigenvalue weighted by Gasteiger charge is 2.32. The van der Waals surface area contributed by atoms with Gasteiger partial charge < -0.3 is 0 Å². The largest absolute Gasteiger partial charge is 0.294 e. The second-order valence-corrected chi connectivity index (χ2v) is 5.29. The lowest BCUT2D eigenvalue weighted by atomic mass is 10.0. The van der Waals surface area contributed by atoms with Gasteiger partial charge >= 0.3 is 0 Å². The first-order valence-corrected chi connectivity index (χ1v) is 7.37. The molecule has 1 saturated heterocycles. The zero-order valence-electron chi connectivity index (χ0n) is 11.9. The van der Waals surface area contributed by atoms with E-state index in [0.29, 0.717) is 6.61 Å². The van der Waals surface area contributed by atoms with Crippen molar-refractivity contribution in [1.82, 2.24) is 5.06 Å². The van der Waals surface area contributed by atoms with Gasteiger partial charge in [0.25, 0.3) is 0 Å². The minimum atomic E-state index is -0.156. The molecule has 1 heterocycles. The minimum absolute atomic E-state index is 0.154. The van der Waals surface area contributed by atoms with Crippen molar-refractivity contribution in [1.29, 1.82) is 0 Å². The molecule has 1 aliphatic rings. The molecule has 0 amide bonds. The second kappa shape index (κ2) is 6.66.